The molecule has 0 bridgehead atoms. The predicted octanol–water partition coefficient (Wildman–Crippen LogP) is 15.8. The maximum absolute atomic E-state index is 6.48. The van der Waals surface area contributed by atoms with Gasteiger partial charge in [0.25, 0.3) is 0 Å². The van der Waals surface area contributed by atoms with Gasteiger partial charge < -0.3 is 9.32 Å². The fraction of sp³-hybridized carbons (Fsp3) is 0.148. The topological polar surface area (TPSA) is 16.4 Å². The van der Waals surface area contributed by atoms with E-state index in [9.17, 15) is 0 Å². The summed E-state index contributed by atoms with van der Waals surface area (Å²) in [7, 11) is 0. The van der Waals surface area contributed by atoms with Gasteiger partial charge in [-0.2, -0.15) is 0 Å². The lowest BCUT2D eigenvalue weighted by atomic mass is 9.55. The van der Waals surface area contributed by atoms with Crippen LogP contribution in [0.25, 0.3) is 44.2 Å². The van der Waals surface area contributed by atoms with Gasteiger partial charge in [0.15, 0.2) is 0 Å². The summed E-state index contributed by atoms with van der Waals surface area (Å²) < 4.78 is 6.48. The van der Waals surface area contributed by atoms with Crippen LogP contribution in [-0.4, -0.2) is 0 Å². The van der Waals surface area contributed by atoms with E-state index in [2.05, 4.69) is 227 Å². The van der Waals surface area contributed by atoms with Crippen molar-refractivity contribution < 1.29 is 4.42 Å². The Hall–Kier alpha value is -7.16. The van der Waals surface area contributed by atoms with Gasteiger partial charge in [0.1, 0.15) is 11.2 Å². The molecule has 1 aromatic heterocycles. The largest absolute Gasteiger partial charge is 0.456 e. The molecule has 63 heavy (non-hydrogen) atoms. The van der Waals surface area contributed by atoms with Gasteiger partial charge in [0.2, 0.25) is 0 Å². The Bertz CT molecular complexity index is 3380. The normalized spacial score (nSPS) is 18.7. The number of allylic oxidation sites excluding steroid dienone is 4. The second-order valence-corrected chi connectivity index (χ2v) is 19.2. The minimum absolute atomic E-state index is 0.00477. The second kappa shape index (κ2) is 12.9. The number of benzene rings is 8. The predicted molar refractivity (Wildman–Crippen MR) is 261 cm³/mol. The summed E-state index contributed by atoms with van der Waals surface area (Å²) in [5.74, 6) is 0.837. The molecule has 4 aliphatic rings. The number of furan rings is 1. The van der Waals surface area contributed by atoms with E-state index >= 15 is 0 Å². The summed E-state index contributed by atoms with van der Waals surface area (Å²) in [6.07, 6.45) is 9.22. The SMILES string of the molecule is CC1(C)c2ccccc2C2(c3ccccc3-c3ccc(-c4ccc(N(c5ccc6c(c5)C(C)(C)C5C=CC=CC65)c5ccc6c(c5)oc5ccccc56)cc4)cc32)c2ccccc21. The molecule has 302 valence electrons. The zero-order valence-corrected chi connectivity index (χ0v) is 36.1. The summed E-state index contributed by atoms with van der Waals surface area (Å²) in [4.78, 5) is 2.41. The summed E-state index contributed by atoms with van der Waals surface area (Å²) in [5.41, 5.74) is 20.7. The van der Waals surface area contributed by atoms with Crippen molar-refractivity contribution in [1.29, 1.82) is 0 Å². The quantitative estimate of drug-likeness (QED) is 0.176. The molecule has 0 fully saturated rings. The van der Waals surface area contributed by atoms with Crippen LogP contribution in [0.15, 0.2) is 205 Å². The minimum atomic E-state index is -0.429. The van der Waals surface area contributed by atoms with Gasteiger partial charge in [-0.05, 0) is 127 Å². The van der Waals surface area contributed by atoms with Gasteiger partial charge >= 0.3 is 0 Å². The molecule has 0 N–H and O–H groups in total. The molecule has 9 aromatic rings. The molecule has 2 unspecified atom stereocenters. The first-order valence-electron chi connectivity index (χ1n) is 22.5. The highest BCUT2D eigenvalue weighted by molar-refractivity contribution is 6.06. The summed E-state index contributed by atoms with van der Waals surface area (Å²) in [6.45, 7) is 9.60. The van der Waals surface area contributed by atoms with Crippen molar-refractivity contribution in [3.63, 3.8) is 0 Å². The summed E-state index contributed by atoms with van der Waals surface area (Å²) in [6, 6.07) is 66.1. The van der Waals surface area contributed by atoms with Crippen molar-refractivity contribution in [2.75, 3.05) is 4.90 Å². The Balaban J connectivity index is 0.965. The van der Waals surface area contributed by atoms with Crippen molar-refractivity contribution >= 4 is 39.0 Å². The smallest absolute Gasteiger partial charge is 0.137 e. The third kappa shape index (κ3) is 4.90. The van der Waals surface area contributed by atoms with E-state index in [1.54, 1.807) is 0 Å². The van der Waals surface area contributed by atoms with E-state index in [1.807, 2.05) is 6.07 Å². The zero-order valence-electron chi connectivity index (χ0n) is 36.1. The standard InChI is InChI=1S/C61H47NO/c1-59(2)49-18-8-5-15-43(49)45-33-30-41(36-55(45)59)62(42-31-34-48-47-17-7-14-24-57(47)63-58(48)37-42)40-28-25-38(26-29-40)39-27-32-46-44-16-6-9-19-50(44)61(56(46)35-39)53-22-12-10-20-51(53)60(3,4)52-21-11-13-23-54(52)61/h5-37,43,49H,1-4H3. The molecule has 2 heteroatoms. The lowest BCUT2D eigenvalue weighted by Crippen LogP contribution is -2.40. The van der Waals surface area contributed by atoms with Gasteiger partial charge in [0.05, 0.1) is 5.41 Å². The Morgan fingerprint density at radius 3 is 1.79 bits per heavy atom. The Kier molecular flexibility index (Phi) is 7.49. The van der Waals surface area contributed by atoms with Crippen molar-refractivity contribution in [2.24, 2.45) is 5.92 Å². The number of para-hydroxylation sites is 1. The molecular formula is C61H47NO. The average Bonchev–Trinajstić information content (AvgIpc) is 3.92. The Morgan fingerprint density at radius 1 is 0.429 bits per heavy atom. The van der Waals surface area contributed by atoms with E-state index in [0.717, 1.165) is 39.0 Å². The van der Waals surface area contributed by atoms with Gasteiger partial charge in [-0.3, -0.25) is 0 Å². The first-order chi connectivity index (χ1) is 30.7. The highest BCUT2D eigenvalue weighted by Gasteiger charge is 2.53. The fourth-order valence-corrected chi connectivity index (χ4v) is 12.4. The minimum Gasteiger partial charge on any atom is -0.456 e. The van der Waals surface area contributed by atoms with Crippen LogP contribution >= 0.6 is 0 Å². The number of hydrogen-bond donors (Lipinski definition) is 0. The van der Waals surface area contributed by atoms with Crippen LogP contribution in [0, 0.1) is 5.92 Å². The molecule has 0 amide bonds. The summed E-state index contributed by atoms with van der Waals surface area (Å²) >= 11 is 0. The van der Waals surface area contributed by atoms with E-state index in [0.29, 0.717) is 11.8 Å². The van der Waals surface area contributed by atoms with E-state index in [4.69, 9.17) is 4.42 Å². The lowest BCUT2D eigenvalue weighted by Gasteiger charge is -2.46. The van der Waals surface area contributed by atoms with Crippen LogP contribution in [0.2, 0.25) is 0 Å². The first-order valence-corrected chi connectivity index (χ1v) is 22.5. The van der Waals surface area contributed by atoms with Crippen LogP contribution in [0.1, 0.15) is 78.1 Å². The first kappa shape index (κ1) is 36.5. The van der Waals surface area contributed by atoms with Gasteiger partial charge in [-0.15, -0.1) is 0 Å². The number of hydrogen-bond acceptors (Lipinski definition) is 2. The third-order valence-corrected chi connectivity index (χ3v) is 15.4. The second-order valence-electron chi connectivity index (χ2n) is 19.2. The van der Waals surface area contributed by atoms with Crippen LogP contribution < -0.4 is 4.90 Å². The van der Waals surface area contributed by atoms with Crippen molar-refractivity contribution in [3.05, 3.63) is 245 Å². The molecule has 13 rings (SSSR count). The van der Waals surface area contributed by atoms with Crippen LogP contribution in [0.4, 0.5) is 17.1 Å². The maximum Gasteiger partial charge on any atom is 0.137 e. The molecule has 1 spiro atoms. The highest BCUT2D eigenvalue weighted by Crippen LogP contribution is 2.62. The molecule has 1 heterocycles. The van der Waals surface area contributed by atoms with Gasteiger partial charge in [-0.25, -0.2) is 0 Å². The molecule has 0 saturated carbocycles. The number of fused-ring (bicyclic) bond motifs is 15. The Labute approximate surface area is 369 Å². The van der Waals surface area contributed by atoms with Gasteiger partial charge in [0, 0.05) is 45.2 Å². The molecule has 2 nitrogen and oxygen atoms in total. The number of anilines is 3. The molecule has 8 aromatic carbocycles. The van der Waals surface area contributed by atoms with Crippen molar-refractivity contribution in [1.82, 2.24) is 0 Å². The maximum atomic E-state index is 6.48. The molecule has 0 radical (unpaired) electrons. The van der Waals surface area contributed by atoms with Crippen LogP contribution in [0.3, 0.4) is 0 Å². The number of nitrogens with zero attached hydrogens (tertiary/aromatic N) is 1. The Morgan fingerprint density at radius 2 is 1.02 bits per heavy atom. The molecule has 0 aliphatic heterocycles. The summed E-state index contributed by atoms with van der Waals surface area (Å²) in [5, 5.41) is 2.27. The number of rotatable bonds is 4. The van der Waals surface area contributed by atoms with E-state index in [1.165, 1.54) is 66.8 Å². The molecule has 0 saturated heterocycles. The van der Waals surface area contributed by atoms with Crippen LogP contribution in [-0.2, 0) is 16.2 Å². The van der Waals surface area contributed by atoms with Crippen molar-refractivity contribution in [2.45, 2.75) is 49.9 Å². The highest BCUT2D eigenvalue weighted by atomic mass is 16.3. The van der Waals surface area contributed by atoms with E-state index < -0.39 is 5.41 Å². The lowest BCUT2D eigenvalue weighted by molar-refractivity contribution is 0.394. The van der Waals surface area contributed by atoms with Crippen molar-refractivity contribution in [3.8, 4) is 22.3 Å². The van der Waals surface area contributed by atoms with Crippen LogP contribution in [0.5, 0.6) is 0 Å². The average molecular weight is 810 g/mol. The molecule has 2 atom stereocenters. The zero-order chi connectivity index (χ0) is 42.2. The monoisotopic (exact) mass is 809 g/mol. The third-order valence-electron chi connectivity index (χ3n) is 15.4. The van der Waals surface area contributed by atoms with E-state index in [-0.39, 0.29) is 10.8 Å². The molecular weight excluding hydrogens is 763 g/mol. The molecule has 4 aliphatic carbocycles. The fourth-order valence-electron chi connectivity index (χ4n) is 12.4. The van der Waals surface area contributed by atoms with Gasteiger partial charge in [-0.1, -0.05) is 173 Å².